The minimum absolute atomic E-state index is 0.164. The summed E-state index contributed by atoms with van der Waals surface area (Å²) in [7, 11) is 0. The van der Waals surface area contributed by atoms with Gasteiger partial charge in [0, 0.05) is 5.69 Å². The molecule has 90 valence electrons. The summed E-state index contributed by atoms with van der Waals surface area (Å²) in [5, 5.41) is 12.9. The molecule has 2 rings (SSSR count). The predicted molar refractivity (Wildman–Crippen MR) is 74.1 cm³/mol. The summed E-state index contributed by atoms with van der Waals surface area (Å²) in [6, 6.07) is 19.2. The number of rotatable bonds is 4. The predicted octanol–water partition coefficient (Wildman–Crippen LogP) is 2.62. The van der Waals surface area contributed by atoms with Crippen LogP contribution in [0.15, 0.2) is 60.7 Å². The Kier molecular flexibility index (Phi) is 3.66. The van der Waals surface area contributed by atoms with Crippen molar-refractivity contribution in [2.24, 2.45) is 0 Å². The van der Waals surface area contributed by atoms with E-state index in [1.807, 2.05) is 60.7 Å². The normalized spacial score (nSPS) is 13.3. The summed E-state index contributed by atoms with van der Waals surface area (Å²) in [5.74, 6) is 2.67. The van der Waals surface area contributed by atoms with Gasteiger partial charge in [-0.15, -0.1) is 6.42 Å². The molecule has 0 unspecified atom stereocenters. The molecule has 2 aromatic rings. The fraction of sp³-hybridized carbons (Fsp3) is 0.125. The molecule has 0 heterocycles. The van der Waals surface area contributed by atoms with E-state index < -0.39 is 5.54 Å². The van der Waals surface area contributed by atoms with Crippen LogP contribution in [0.3, 0.4) is 0 Å². The van der Waals surface area contributed by atoms with Crippen molar-refractivity contribution in [1.29, 1.82) is 0 Å². The maximum Gasteiger partial charge on any atom is 0.148 e. The number of para-hydroxylation sites is 1. The van der Waals surface area contributed by atoms with E-state index in [1.165, 1.54) is 0 Å². The minimum atomic E-state index is -0.886. The third-order valence-electron chi connectivity index (χ3n) is 2.88. The van der Waals surface area contributed by atoms with Gasteiger partial charge >= 0.3 is 0 Å². The average molecular weight is 237 g/mol. The monoisotopic (exact) mass is 237 g/mol. The molecule has 2 aromatic carbocycles. The Morgan fingerprint density at radius 3 is 2.06 bits per heavy atom. The zero-order chi connectivity index (χ0) is 12.8. The van der Waals surface area contributed by atoms with Crippen LogP contribution in [-0.4, -0.2) is 11.7 Å². The Bertz CT molecular complexity index is 530. The molecule has 0 saturated heterocycles. The van der Waals surface area contributed by atoms with E-state index in [1.54, 1.807) is 0 Å². The number of terminal acetylenes is 1. The molecule has 0 fully saturated rings. The summed E-state index contributed by atoms with van der Waals surface area (Å²) in [5.41, 5.74) is 0.870. The van der Waals surface area contributed by atoms with Crippen molar-refractivity contribution in [3.8, 4) is 12.3 Å². The second-order valence-electron chi connectivity index (χ2n) is 4.06. The van der Waals surface area contributed by atoms with E-state index in [9.17, 15) is 5.11 Å². The van der Waals surface area contributed by atoms with Crippen LogP contribution in [0.5, 0.6) is 0 Å². The smallest absolute Gasteiger partial charge is 0.148 e. The van der Waals surface area contributed by atoms with E-state index in [0.717, 1.165) is 11.3 Å². The van der Waals surface area contributed by atoms with Crippen LogP contribution in [0, 0.1) is 12.3 Å². The lowest BCUT2D eigenvalue weighted by Crippen LogP contribution is -2.37. The van der Waals surface area contributed by atoms with E-state index in [2.05, 4.69) is 11.2 Å². The first kappa shape index (κ1) is 12.2. The van der Waals surface area contributed by atoms with Crippen molar-refractivity contribution in [3.05, 3.63) is 66.2 Å². The molecule has 0 amide bonds. The van der Waals surface area contributed by atoms with Gasteiger partial charge in [-0.1, -0.05) is 54.5 Å². The van der Waals surface area contributed by atoms with Gasteiger partial charge in [-0.25, -0.2) is 0 Å². The van der Waals surface area contributed by atoms with Crippen LogP contribution in [0.1, 0.15) is 5.56 Å². The van der Waals surface area contributed by atoms with Crippen molar-refractivity contribution >= 4 is 5.69 Å². The third kappa shape index (κ3) is 2.37. The van der Waals surface area contributed by atoms with Crippen molar-refractivity contribution in [2.75, 3.05) is 11.9 Å². The zero-order valence-electron chi connectivity index (χ0n) is 10.0. The summed E-state index contributed by atoms with van der Waals surface area (Å²) >= 11 is 0. The molecule has 18 heavy (non-hydrogen) atoms. The molecule has 2 nitrogen and oxygen atoms in total. The highest BCUT2D eigenvalue weighted by molar-refractivity contribution is 5.51. The molecule has 0 radical (unpaired) electrons. The van der Waals surface area contributed by atoms with Gasteiger partial charge in [0.2, 0.25) is 0 Å². The number of nitrogens with one attached hydrogen (secondary N) is 1. The molecule has 0 aliphatic rings. The molecular weight excluding hydrogens is 222 g/mol. The summed E-state index contributed by atoms with van der Waals surface area (Å²) in [6.45, 7) is -0.164. The molecule has 2 N–H and O–H groups in total. The summed E-state index contributed by atoms with van der Waals surface area (Å²) < 4.78 is 0. The maximum atomic E-state index is 9.69. The number of hydrogen-bond donors (Lipinski definition) is 2. The second-order valence-corrected chi connectivity index (χ2v) is 4.06. The molecule has 0 spiro atoms. The Morgan fingerprint density at radius 2 is 1.56 bits per heavy atom. The lowest BCUT2D eigenvalue weighted by atomic mass is 9.91. The van der Waals surface area contributed by atoms with Crippen LogP contribution in [-0.2, 0) is 5.54 Å². The highest BCUT2D eigenvalue weighted by Gasteiger charge is 2.28. The molecule has 0 aliphatic heterocycles. The first-order chi connectivity index (χ1) is 8.80. The lowest BCUT2D eigenvalue weighted by molar-refractivity contribution is 0.246. The van der Waals surface area contributed by atoms with E-state index in [4.69, 9.17) is 6.42 Å². The fourth-order valence-corrected chi connectivity index (χ4v) is 1.86. The van der Waals surface area contributed by atoms with Gasteiger partial charge in [0.15, 0.2) is 0 Å². The average Bonchev–Trinajstić information content (AvgIpc) is 2.47. The summed E-state index contributed by atoms with van der Waals surface area (Å²) in [6.07, 6.45) is 5.63. The largest absolute Gasteiger partial charge is 0.393 e. The Morgan fingerprint density at radius 1 is 1.00 bits per heavy atom. The zero-order valence-corrected chi connectivity index (χ0v) is 10.0. The highest BCUT2D eigenvalue weighted by Crippen LogP contribution is 2.25. The quantitative estimate of drug-likeness (QED) is 0.801. The Labute approximate surface area is 107 Å². The molecule has 1 atom stereocenters. The number of aliphatic hydroxyl groups is 1. The second kappa shape index (κ2) is 5.39. The molecule has 2 heteroatoms. The molecule has 0 saturated carbocycles. The maximum absolute atomic E-state index is 9.69. The van der Waals surface area contributed by atoms with Crippen molar-refractivity contribution in [1.82, 2.24) is 0 Å². The van der Waals surface area contributed by atoms with Crippen LogP contribution in [0.2, 0.25) is 0 Å². The topological polar surface area (TPSA) is 32.3 Å². The first-order valence-electron chi connectivity index (χ1n) is 5.78. The number of benzene rings is 2. The van der Waals surface area contributed by atoms with E-state index in [-0.39, 0.29) is 6.61 Å². The SMILES string of the molecule is C#C[C@](CO)(Nc1ccccc1)c1ccccc1. The Balaban J connectivity index is 2.37. The van der Waals surface area contributed by atoms with Gasteiger partial charge in [0.25, 0.3) is 0 Å². The standard InChI is InChI=1S/C16H15NO/c1-2-16(13-18,14-9-5-3-6-10-14)17-15-11-7-4-8-12-15/h1,3-12,17-18H,13H2/t16-/m1/s1. The number of anilines is 1. The lowest BCUT2D eigenvalue weighted by Gasteiger charge is -2.29. The first-order valence-corrected chi connectivity index (χ1v) is 5.78. The minimum Gasteiger partial charge on any atom is -0.393 e. The van der Waals surface area contributed by atoms with Gasteiger partial charge in [0.1, 0.15) is 5.54 Å². The van der Waals surface area contributed by atoms with Crippen LogP contribution >= 0.6 is 0 Å². The van der Waals surface area contributed by atoms with Crippen molar-refractivity contribution in [2.45, 2.75) is 5.54 Å². The van der Waals surface area contributed by atoms with Crippen LogP contribution < -0.4 is 5.32 Å². The fourth-order valence-electron chi connectivity index (χ4n) is 1.86. The van der Waals surface area contributed by atoms with Gasteiger partial charge in [-0.2, -0.15) is 0 Å². The molecule has 0 aliphatic carbocycles. The third-order valence-corrected chi connectivity index (χ3v) is 2.88. The van der Waals surface area contributed by atoms with Crippen molar-refractivity contribution < 1.29 is 5.11 Å². The van der Waals surface area contributed by atoms with Crippen LogP contribution in [0.4, 0.5) is 5.69 Å². The van der Waals surface area contributed by atoms with E-state index >= 15 is 0 Å². The molecule has 0 bridgehead atoms. The van der Waals surface area contributed by atoms with Gasteiger partial charge in [-0.3, -0.25) is 0 Å². The van der Waals surface area contributed by atoms with Crippen LogP contribution in [0.25, 0.3) is 0 Å². The Hall–Kier alpha value is -2.24. The van der Waals surface area contributed by atoms with Gasteiger partial charge < -0.3 is 10.4 Å². The van der Waals surface area contributed by atoms with Crippen molar-refractivity contribution in [3.63, 3.8) is 0 Å². The van der Waals surface area contributed by atoms with Gasteiger partial charge in [0.05, 0.1) is 6.61 Å². The number of aliphatic hydroxyl groups excluding tert-OH is 1. The van der Waals surface area contributed by atoms with E-state index in [0.29, 0.717) is 0 Å². The summed E-state index contributed by atoms with van der Waals surface area (Å²) in [4.78, 5) is 0. The highest BCUT2D eigenvalue weighted by atomic mass is 16.3. The molecule has 0 aromatic heterocycles. The molecular formula is C16H15NO. The van der Waals surface area contributed by atoms with Gasteiger partial charge in [-0.05, 0) is 17.7 Å². The number of hydrogen-bond acceptors (Lipinski definition) is 2.